The van der Waals surface area contributed by atoms with E-state index in [1.54, 1.807) is 0 Å². The van der Waals surface area contributed by atoms with Gasteiger partial charge in [-0.05, 0) is 42.7 Å². The molecule has 0 spiro atoms. The van der Waals surface area contributed by atoms with E-state index in [1.165, 1.54) is 36.8 Å². The Balaban J connectivity index is 1.80. The van der Waals surface area contributed by atoms with Crippen molar-refractivity contribution in [2.75, 3.05) is 0 Å². The molecule has 0 bridgehead atoms. The summed E-state index contributed by atoms with van der Waals surface area (Å²) in [7, 11) is 0. The Morgan fingerprint density at radius 1 is 0.762 bits per heavy atom. The minimum absolute atomic E-state index is 0.311. The van der Waals surface area contributed by atoms with Gasteiger partial charge in [-0.1, -0.05) is 67.6 Å². The van der Waals surface area contributed by atoms with E-state index < -0.39 is 0 Å². The molecule has 2 aromatic carbocycles. The molecule has 1 heteroatoms. The third-order valence-electron chi connectivity index (χ3n) is 4.68. The first kappa shape index (κ1) is 14.3. The molecule has 1 nitrogen and oxygen atoms in total. The topological polar surface area (TPSA) is 12.0 Å². The average Bonchev–Trinajstić information content (AvgIpc) is 2.56. The van der Waals surface area contributed by atoms with Crippen LogP contribution < -0.4 is 5.32 Å². The lowest BCUT2D eigenvalue weighted by Gasteiger charge is -2.31. The fourth-order valence-electron chi connectivity index (χ4n) is 3.34. The van der Waals surface area contributed by atoms with Gasteiger partial charge in [0.1, 0.15) is 0 Å². The molecule has 1 aliphatic carbocycles. The van der Waals surface area contributed by atoms with Crippen LogP contribution in [0.5, 0.6) is 0 Å². The fraction of sp³-hybridized carbons (Fsp3) is 0.400. The maximum Gasteiger partial charge on any atom is 0.0578 e. The summed E-state index contributed by atoms with van der Waals surface area (Å²) < 4.78 is 0. The number of rotatable bonds is 4. The highest BCUT2D eigenvalue weighted by atomic mass is 15.0. The van der Waals surface area contributed by atoms with Crippen LogP contribution in [-0.4, -0.2) is 6.04 Å². The first-order valence-electron chi connectivity index (χ1n) is 8.19. The molecule has 2 aromatic rings. The lowest BCUT2D eigenvalue weighted by Crippen LogP contribution is -2.36. The van der Waals surface area contributed by atoms with Crippen LogP contribution in [0.25, 0.3) is 0 Å². The first-order valence-corrected chi connectivity index (χ1v) is 8.19. The predicted octanol–water partition coefficient (Wildman–Crippen LogP) is 4.94. The van der Waals surface area contributed by atoms with Gasteiger partial charge in [0.15, 0.2) is 0 Å². The summed E-state index contributed by atoms with van der Waals surface area (Å²) in [5.41, 5.74) is 2.73. The van der Waals surface area contributed by atoms with E-state index in [2.05, 4.69) is 72.9 Å². The van der Waals surface area contributed by atoms with Gasteiger partial charge in [0.05, 0.1) is 6.04 Å². The van der Waals surface area contributed by atoms with Crippen LogP contribution in [0.15, 0.2) is 60.7 Å². The van der Waals surface area contributed by atoms with Crippen molar-refractivity contribution in [1.82, 2.24) is 5.32 Å². The maximum absolute atomic E-state index is 3.91. The van der Waals surface area contributed by atoms with Crippen LogP contribution in [0.4, 0.5) is 0 Å². The van der Waals surface area contributed by atoms with Gasteiger partial charge in [-0.2, -0.15) is 0 Å². The molecule has 0 heterocycles. The first-order chi connectivity index (χ1) is 10.3. The van der Waals surface area contributed by atoms with Crippen molar-refractivity contribution < 1.29 is 0 Å². The molecule has 1 N–H and O–H groups in total. The van der Waals surface area contributed by atoms with E-state index in [4.69, 9.17) is 0 Å². The second kappa shape index (κ2) is 6.91. The van der Waals surface area contributed by atoms with Crippen molar-refractivity contribution in [2.45, 2.75) is 44.7 Å². The molecule has 110 valence electrons. The van der Waals surface area contributed by atoms with E-state index in [9.17, 15) is 0 Å². The molecule has 0 amide bonds. The summed E-state index contributed by atoms with van der Waals surface area (Å²) in [6.07, 6.45) is 5.32. The summed E-state index contributed by atoms with van der Waals surface area (Å²) in [5.74, 6) is 0.898. The highest BCUT2D eigenvalue weighted by molar-refractivity contribution is 5.31. The number of hydrogen-bond acceptors (Lipinski definition) is 1. The third-order valence-corrected chi connectivity index (χ3v) is 4.68. The smallest absolute Gasteiger partial charge is 0.0578 e. The molecule has 1 fully saturated rings. The molecule has 1 aliphatic rings. The minimum Gasteiger partial charge on any atom is -0.303 e. The fourth-order valence-corrected chi connectivity index (χ4v) is 3.34. The maximum atomic E-state index is 3.91. The minimum atomic E-state index is 0.311. The molecule has 0 radical (unpaired) electrons. The summed E-state index contributed by atoms with van der Waals surface area (Å²) in [4.78, 5) is 0. The molecule has 21 heavy (non-hydrogen) atoms. The van der Waals surface area contributed by atoms with Crippen LogP contribution in [0.3, 0.4) is 0 Å². The molecular formula is C20H25N. The monoisotopic (exact) mass is 279 g/mol. The molecule has 0 atom stereocenters. The number of nitrogens with one attached hydrogen (secondary N) is 1. The predicted molar refractivity (Wildman–Crippen MR) is 89.3 cm³/mol. The Labute approximate surface area is 128 Å². The Bertz CT molecular complexity index is 487. The Kier molecular flexibility index (Phi) is 4.72. The van der Waals surface area contributed by atoms with E-state index in [0.29, 0.717) is 12.1 Å². The largest absolute Gasteiger partial charge is 0.303 e. The SMILES string of the molecule is CC1CCC(NC(c2ccccc2)c2ccccc2)CC1. The van der Waals surface area contributed by atoms with Crippen LogP contribution in [0, 0.1) is 5.92 Å². The van der Waals surface area contributed by atoms with Crippen molar-refractivity contribution in [3.63, 3.8) is 0 Å². The molecule has 0 unspecified atom stereocenters. The second-order valence-corrected chi connectivity index (χ2v) is 6.38. The highest BCUT2D eigenvalue weighted by Gasteiger charge is 2.22. The van der Waals surface area contributed by atoms with Gasteiger partial charge in [0.2, 0.25) is 0 Å². The molecular weight excluding hydrogens is 254 g/mol. The van der Waals surface area contributed by atoms with E-state index in [1.807, 2.05) is 0 Å². The van der Waals surface area contributed by atoms with Crippen molar-refractivity contribution in [1.29, 1.82) is 0 Å². The third kappa shape index (κ3) is 3.74. The van der Waals surface area contributed by atoms with Gasteiger partial charge in [-0.3, -0.25) is 0 Å². The van der Waals surface area contributed by atoms with Crippen LogP contribution in [0.2, 0.25) is 0 Å². The van der Waals surface area contributed by atoms with E-state index in [0.717, 1.165) is 5.92 Å². The molecule has 0 saturated heterocycles. The van der Waals surface area contributed by atoms with E-state index >= 15 is 0 Å². The van der Waals surface area contributed by atoms with Crippen LogP contribution >= 0.6 is 0 Å². The van der Waals surface area contributed by atoms with Crippen molar-refractivity contribution in [3.05, 3.63) is 71.8 Å². The zero-order chi connectivity index (χ0) is 14.5. The van der Waals surface area contributed by atoms with Gasteiger partial charge in [-0.25, -0.2) is 0 Å². The van der Waals surface area contributed by atoms with Gasteiger partial charge in [-0.15, -0.1) is 0 Å². The van der Waals surface area contributed by atoms with Crippen LogP contribution in [-0.2, 0) is 0 Å². The summed E-state index contributed by atoms with van der Waals surface area (Å²) in [6, 6.07) is 22.6. The van der Waals surface area contributed by atoms with Gasteiger partial charge < -0.3 is 5.32 Å². The normalized spacial score (nSPS) is 22.4. The number of hydrogen-bond donors (Lipinski definition) is 1. The van der Waals surface area contributed by atoms with Crippen molar-refractivity contribution >= 4 is 0 Å². The lowest BCUT2D eigenvalue weighted by atomic mass is 9.86. The summed E-state index contributed by atoms with van der Waals surface area (Å²) >= 11 is 0. The summed E-state index contributed by atoms with van der Waals surface area (Å²) in [6.45, 7) is 2.38. The molecule has 3 rings (SSSR count). The Hall–Kier alpha value is -1.60. The standard InChI is InChI=1S/C20H25N/c1-16-12-14-19(15-13-16)21-20(17-8-4-2-5-9-17)18-10-6-3-7-11-18/h2-11,16,19-21H,12-15H2,1H3. The van der Waals surface area contributed by atoms with Crippen molar-refractivity contribution in [3.8, 4) is 0 Å². The zero-order valence-corrected chi connectivity index (χ0v) is 12.8. The average molecular weight is 279 g/mol. The van der Waals surface area contributed by atoms with Gasteiger partial charge in [0.25, 0.3) is 0 Å². The zero-order valence-electron chi connectivity index (χ0n) is 12.8. The second-order valence-electron chi connectivity index (χ2n) is 6.38. The van der Waals surface area contributed by atoms with Gasteiger partial charge in [0, 0.05) is 6.04 Å². The van der Waals surface area contributed by atoms with Gasteiger partial charge >= 0.3 is 0 Å². The quantitative estimate of drug-likeness (QED) is 0.835. The summed E-state index contributed by atoms with van der Waals surface area (Å²) in [5, 5.41) is 3.91. The molecule has 0 aliphatic heterocycles. The number of benzene rings is 2. The van der Waals surface area contributed by atoms with Crippen molar-refractivity contribution in [2.24, 2.45) is 5.92 Å². The van der Waals surface area contributed by atoms with E-state index in [-0.39, 0.29) is 0 Å². The molecule has 0 aromatic heterocycles. The highest BCUT2D eigenvalue weighted by Crippen LogP contribution is 2.28. The lowest BCUT2D eigenvalue weighted by molar-refractivity contribution is 0.296. The molecule has 1 saturated carbocycles. The Morgan fingerprint density at radius 3 is 1.71 bits per heavy atom. The Morgan fingerprint density at radius 2 is 1.24 bits per heavy atom. The van der Waals surface area contributed by atoms with Crippen LogP contribution in [0.1, 0.15) is 49.8 Å².